The van der Waals surface area contributed by atoms with Gasteiger partial charge in [-0.2, -0.15) is 4.31 Å². The minimum atomic E-state index is -3.70. The zero-order chi connectivity index (χ0) is 19.2. The fourth-order valence-corrected chi connectivity index (χ4v) is 5.61. The molecule has 0 aliphatic carbocycles. The lowest BCUT2D eigenvalue weighted by Gasteiger charge is -2.38. The summed E-state index contributed by atoms with van der Waals surface area (Å²) in [6, 6.07) is 12.5. The van der Waals surface area contributed by atoms with Crippen molar-refractivity contribution in [1.82, 2.24) is 4.31 Å². The first-order valence-corrected chi connectivity index (χ1v) is 10.3. The van der Waals surface area contributed by atoms with Gasteiger partial charge in [0.25, 0.3) is 0 Å². The number of nitrogens with zero attached hydrogens (tertiary/aromatic N) is 1. The summed E-state index contributed by atoms with van der Waals surface area (Å²) in [7, 11) is -2.23. The molecule has 1 fully saturated rings. The first kappa shape index (κ1) is 18.0. The van der Waals surface area contributed by atoms with Crippen LogP contribution in [0.4, 0.5) is 0 Å². The van der Waals surface area contributed by atoms with Crippen molar-refractivity contribution in [2.24, 2.45) is 0 Å². The van der Waals surface area contributed by atoms with Crippen molar-refractivity contribution in [3.05, 3.63) is 59.2 Å². The SMILES string of the molecule is COc1ccc(C)cc1S(=O)(=O)N1CCC2(CC1)OC(=O)c1ccccc12. The summed E-state index contributed by atoms with van der Waals surface area (Å²) in [6.07, 6.45) is 0.867. The monoisotopic (exact) mass is 387 g/mol. The number of fused-ring (bicyclic) bond motifs is 2. The van der Waals surface area contributed by atoms with E-state index in [0.717, 1.165) is 11.1 Å². The molecule has 2 aromatic carbocycles. The molecule has 2 heterocycles. The van der Waals surface area contributed by atoms with Crippen molar-refractivity contribution in [3.63, 3.8) is 0 Å². The number of hydrogen-bond acceptors (Lipinski definition) is 5. The van der Waals surface area contributed by atoms with E-state index in [1.54, 1.807) is 18.2 Å². The topological polar surface area (TPSA) is 72.9 Å². The van der Waals surface area contributed by atoms with E-state index in [2.05, 4.69) is 0 Å². The molecule has 142 valence electrons. The highest BCUT2D eigenvalue weighted by Gasteiger charge is 2.48. The minimum Gasteiger partial charge on any atom is -0.495 e. The molecule has 0 amide bonds. The molecule has 6 nitrogen and oxygen atoms in total. The number of ether oxygens (including phenoxy) is 2. The molecule has 2 aliphatic rings. The van der Waals surface area contributed by atoms with Crippen molar-refractivity contribution in [3.8, 4) is 5.75 Å². The van der Waals surface area contributed by atoms with E-state index in [4.69, 9.17) is 9.47 Å². The van der Waals surface area contributed by atoms with E-state index in [-0.39, 0.29) is 24.0 Å². The summed E-state index contributed by atoms with van der Waals surface area (Å²) < 4.78 is 38.8. The first-order chi connectivity index (χ1) is 12.9. The molecule has 0 N–H and O–H groups in total. The van der Waals surface area contributed by atoms with E-state index in [1.807, 2.05) is 31.2 Å². The van der Waals surface area contributed by atoms with Crippen molar-refractivity contribution in [1.29, 1.82) is 0 Å². The Morgan fingerprint density at radius 1 is 1.11 bits per heavy atom. The third kappa shape index (κ3) is 2.82. The summed E-state index contributed by atoms with van der Waals surface area (Å²) >= 11 is 0. The highest BCUT2D eigenvalue weighted by atomic mass is 32.2. The van der Waals surface area contributed by atoms with Crippen molar-refractivity contribution >= 4 is 16.0 Å². The van der Waals surface area contributed by atoms with E-state index >= 15 is 0 Å². The Morgan fingerprint density at radius 3 is 2.52 bits per heavy atom. The number of benzene rings is 2. The van der Waals surface area contributed by atoms with E-state index in [0.29, 0.717) is 24.2 Å². The fraction of sp³-hybridized carbons (Fsp3) is 0.350. The third-order valence-corrected chi connectivity index (χ3v) is 7.31. The van der Waals surface area contributed by atoms with E-state index in [1.165, 1.54) is 11.4 Å². The predicted octanol–water partition coefficient (Wildman–Crippen LogP) is 2.85. The number of aryl methyl sites for hydroxylation is 1. The summed E-state index contributed by atoms with van der Waals surface area (Å²) in [5.74, 6) is 0.000729. The average Bonchev–Trinajstić information content (AvgIpc) is 2.94. The number of piperidine rings is 1. The maximum Gasteiger partial charge on any atom is 0.339 e. The third-order valence-electron chi connectivity index (χ3n) is 5.39. The number of carbonyl (C=O) groups is 1. The minimum absolute atomic E-state index is 0.171. The smallest absolute Gasteiger partial charge is 0.339 e. The van der Waals surface area contributed by atoms with Crippen LogP contribution in [0.5, 0.6) is 5.75 Å². The molecule has 2 aromatic rings. The molecular weight excluding hydrogens is 366 g/mol. The van der Waals surface area contributed by atoms with Gasteiger partial charge in [-0.15, -0.1) is 0 Å². The van der Waals surface area contributed by atoms with E-state index < -0.39 is 15.6 Å². The molecule has 0 saturated carbocycles. The Bertz CT molecular complexity index is 1010. The van der Waals surface area contributed by atoms with Gasteiger partial charge in [0.1, 0.15) is 16.2 Å². The number of sulfonamides is 1. The lowest BCUT2D eigenvalue weighted by atomic mass is 9.84. The van der Waals surface area contributed by atoms with Crippen LogP contribution in [0.1, 0.15) is 34.3 Å². The Kier molecular flexibility index (Phi) is 4.24. The highest BCUT2D eigenvalue weighted by molar-refractivity contribution is 7.89. The summed E-state index contributed by atoms with van der Waals surface area (Å²) in [4.78, 5) is 12.4. The van der Waals surface area contributed by atoms with Gasteiger partial charge < -0.3 is 9.47 Å². The maximum atomic E-state index is 13.2. The number of hydrogen-bond donors (Lipinski definition) is 0. The van der Waals surface area contributed by atoms with Gasteiger partial charge in [-0.1, -0.05) is 24.3 Å². The molecule has 0 aromatic heterocycles. The standard InChI is InChI=1S/C20H21NO5S/c1-14-7-8-17(25-2)18(13-14)27(23,24)21-11-9-20(10-12-21)16-6-4-3-5-15(16)19(22)26-20/h3-8,13H,9-12H2,1-2H3. The lowest BCUT2D eigenvalue weighted by molar-refractivity contribution is -0.0329. The second-order valence-electron chi connectivity index (χ2n) is 6.99. The predicted molar refractivity (Wildman–Crippen MR) is 99.3 cm³/mol. The molecule has 7 heteroatoms. The van der Waals surface area contributed by atoms with Crippen LogP contribution >= 0.6 is 0 Å². The summed E-state index contributed by atoms with van der Waals surface area (Å²) in [5.41, 5.74) is 1.56. The Balaban J connectivity index is 1.62. The molecule has 0 bridgehead atoms. The van der Waals surface area contributed by atoms with Gasteiger partial charge in [-0.05, 0) is 30.7 Å². The maximum absolute atomic E-state index is 13.2. The molecule has 0 atom stereocenters. The summed E-state index contributed by atoms with van der Waals surface area (Å²) in [5, 5.41) is 0. The van der Waals surface area contributed by atoms with Gasteiger partial charge in [0.15, 0.2) is 0 Å². The van der Waals surface area contributed by atoms with Crippen LogP contribution < -0.4 is 4.74 Å². The van der Waals surface area contributed by atoms with Crippen LogP contribution in [0, 0.1) is 6.92 Å². The molecule has 0 radical (unpaired) electrons. The van der Waals surface area contributed by atoms with Gasteiger partial charge in [-0.25, -0.2) is 13.2 Å². The lowest BCUT2D eigenvalue weighted by Crippen LogP contribution is -2.45. The van der Waals surface area contributed by atoms with Crippen molar-refractivity contribution < 1.29 is 22.7 Å². The normalized spacial score (nSPS) is 19.0. The largest absolute Gasteiger partial charge is 0.495 e. The van der Waals surface area contributed by atoms with Crippen LogP contribution in [-0.4, -0.2) is 38.9 Å². The van der Waals surface area contributed by atoms with Crippen LogP contribution in [0.2, 0.25) is 0 Å². The Labute approximate surface area is 158 Å². The van der Waals surface area contributed by atoms with Crippen LogP contribution in [0.15, 0.2) is 47.4 Å². The quantitative estimate of drug-likeness (QED) is 0.757. The van der Waals surface area contributed by atoms with E-state index in [9.17, 15) is 13.2 Å². The van der Waals surface area contributed by atoms with Crippen LogP contribution in [-0.2, 0) is 20.4 Å². The average molecular weight is 387 g/mol. The van der Waals surface area contributed by atoms with Crippen LogP contribution in [0.3, 0.4) is 0 Å². The number of rotatable bonds is 3. The first-order valence-electron chi connectivity index (χ1n) is 8.85. The Morgan fingerprint density at radius 2 is 1.81 bits per heavy atom. The Hall–Kier alpha value is -2.38. The molecule has 4 rings (SSSR count). The molecular formula is C20H21NO5S. The van der Waals surface area contributed by atoms with Gasteiger partial charge >= 0.3 is 5.97 Å². The summed E-state index contributed by atoms with van der Waals surface area (Å²) in [6.45, 7) is 2.40. The van der Waals surface area contributed by atoms with Gasteiger partial charge in [0.2, 0.25) is 10.0 Å². The molecule has 2 aliphatic heterocycles. The zero-order valence-corrected chi connectivity index (χ0v) is 16.1. The molecule has 1 spiro atoms. The van der Waals surface area contributed by atoms with Gasteiger partial charge in [0, 0.05) is 31.5 Å². The van der Waals surface area contributed by atoms with Crippen LogP contribution in [0.25, 0.3) is 0 Å². The molecule has 0 unspecified atom stereocenters. The second kappa shape index (κ2) is 6.35. The fourth-order valence-electron chi connectivity index (χ4n) is 3.93. The number of esters is 1. The highest BCUT2D eigenvalue weighted by Crippen LogP contribution is 2.45. The van der Waals surface area contributed by atoms with Crippen molar-refractivity contribution in [2.75, 3.05) is 20.2 Å². The van der Waals surface area contributed by atoms with Crippen molar-refractivity contribution in [2.45, 2.75) is 30.3 Å². The van der Waals surface area contributed by atoms with Gasteiger partial charge in [-0.3, -0.25) is 0 Å². The van der Waals surface area contributed by atoms with Gasteiger partial charge in [0.05, 0.1) is 12.7 Å². The molecule has 1 saturated heterocycles. The zero-order valence-electron chi connectivity index (χ0n) is 15.3. The second-order valence-corrected chi connectivity index (χ2v) is 8.89. The molecule has 27 heavy (non-hydrogen) atoms. The number of carbonyl (C=O) groups excluding carboxylic acids is 1. The number of methoxy groups -OCH3 is 1.